The van der Waals surface area contributed by atoms with Crippen molar-refractivity contribution in [1.82, 2.24) is 19.9 Å². The maximum absolute atomic E-state index is 11.7. The van der Waals surface area contributed by atoms with Crippen LogP contribution < -0.4 is 10.9 Å². The molecule has 0 unspecified atom stereocenters. The van der Waals surface area contributed by atoms with Crippen LogP contribution in [0.3, 0.4) is 0 Å². The van der Waals surface area contributed by atoms with Gasteiger partial charge < -0.3 is 15.4 Å². The quantitative estimate of drug-likeness (QED) is 0.717. The zero-order valence-electron chi connectivity index (χ0n) is 10.2. The number of nitrogens with one attached hydrogen (secondary N) is 2. The largest absolute Gasteiger partial charge is 0.476 e. The Morgan fingerprint density at radius 1 is 1.37 bits per heavy atom. The number of aromatic carboxylic acids is 1. The number of hydrogen-bond acceptors (Lipinski definition) is 4. The topological polar surface area (TPSA) is 99.5 Å². The van der Waals surface area contributed by atoms with Crippen molar-refractivity contribution in [2.24, 2.45) is 0 Å². The number of H-pyrrole nitrogens is 1. The smallest absolute Gasteiger partial charge is 0.356 e. The van der Waals surface area contributed by atoms with E-state index in [0.717, 1.165) is 31.6 Å². The fraction of sp³-hybridized carbons (Fsp3) is 0.417. The summed E-state index contributed by atoms with van der Waals surface area (Å²) < 4.78 is 1.54. The highest BCUT2D eigenvalue weighted by atomic mass is 16.4. The summed E-state index contributed by atoms with van der Waals surface area (Å²) in [6, 6.07) is 2.90. The fourth-order valence-corrected chi connectivity index (χ4v) is 2.54. The van der Waals surface area contributed by atoms with Crippen LogP contribution in [0.4, 0.5) is 0 Å². The van der Waals surface area contributed by atoms with Gasteiger partial charge in [0.15, 0.2) is 5.69 Å². The monoisotopic (exact) mass is 262 g/mol. The van der Waals surface area contributed by atoms with E-state index in [4.69, 9.17) is 5.11 Å². The summed E-state index contributed by atoms with van der Waals surface area (Å²) in [4.78, 5) is 25.2. The number of aromatic amines is 1. The van der Waals surface area contributed by atoms with Crippen molar-refractivity contribution in [3.05, 3.63) is 33.9 Å². The van der Waals surface area contributed by atoms with Crippen molar-refractivity contribution in [3.8, 4) is 0 Å². The molecule has 1 saturated heterocycles. The average molecular weight is 262 g/mol. The molecule has 0 aliphatic carbocycles. The van der Waals surface area contributed by atoms with Gasteiger partial charge in [0.05, 0.1) is 5.69 Å². The number of carboxylic acids is 1. The minimum atomic E-state index is -1.10. The van der Waals surface area contributed by atoms with Gasteiger partial charge in [0.1, 0.15) is 5.65 Å². The Bertz CT molecular complexity index is 682. The van der Waals surface area contributed by atoms with Gasteiger partial charge in [0.25, 0.3) is 5.56 Å². The van der Waals surface area contributed by atoms with Gasteiger partial charge in [0, 0.05) is 18.1 Å². The first-order valence-corrected chi connectivity index (χ1v) is 6.22. The molecule has 1 aliphatic rings. The molecule has 19 heavy (non-hydrogen) atoms. The molecule has 0 aromatic carbocycles. The molecule has 3 rings (SSSR count). The van der Waals surface area contributed by atoms with E-state index in [2.05, 4.69) is 15.4 Å². The Labute approximate surface area is 108 Å². The van der Waals surface area contributed by atoms with Gasteiger partial charge in [-0.2, -0.15) is 5.10 Å². The third kappa shape index (κ3) is 2.12. The highest BCUT2D eigenvalue weighted by Crippen LogP contribution is 2.24. The molecule has 0 amide bonds. The van der Waals surface area contributed by atoms with E-state index in [1.165, 1.54) is 12.1 Å². The minimum Gasteiger partial charge on any atom is -0.476 e. The van der Waals surface area contributed by atoms with Crippen molar-refractivity contribution in [1.29, 1.82) is 0 Å². The summed E-state index contributed by atoms with van der Waals surface area (Å²) in [5, 5.41) is 16.3. The fourth-order valence-electron chi connectivity index (χ4n) is 2.54. The molecule has 1 aliphatic heterocycles. The number of aromatic nitrogens is 3. The Morgan fingerprint density at radius 3 is 2.79 bits per heavy atom. The molecule has 0 bridgehead atoms. The Kier molecular flexibility index (Phi) is 2.83. The molecule has 2 aromatic rings. The van der Waals surface area contributed by atoms with Crippen LogP contribution in [0.25, 0.3) is 5.65 Å². The normalized spacial score (nSPS) is 16.8. The molecule has 0 atom stereocenters. The molecule has 0 spiro atoms. The molecule has 7 nitrogen and oxygen atoms in total. The second-order valence-electron chi connectivity index (χ2n) is 4.71. The van der Waals surface area contributed by atoms with E-state index in [-0.39, 0.29) is 17.2 Å². The van der Waals surface area contributed by atoms with Crippen LogP contribution in [0.5, 0.6) is 0 Å². The summed E-state index contributed by atoms with van der Waals surface area (Å²) in [6.07, 6.45) is 1.83. The van der Waals surface area contributed by atoms with Crippen LogP contribution in [-0.2, 0) is 0 Å². The summed E-state index contributed by atoms with van der Waals surface area (Å²) in [5.41, 5.74) is 0.932. The maximum atomic E-state index is 11.7. The summed E-state index contributed by atoms with van der Waals surface area (Å²) >= 11 is 0. The molecule has 0 radical (unpaired) electrons. The second-order valence-corrected chi connectivity index (χ2v) is 4.71. The van der Waals surface area contributed by atoms with E-state index < -0.39 is 5.97 Å². The Balaban J connectivity index is 2.16. The highest BCUT2D eigenvalue weighted by molar-refractivity contribution is 5.86. The highest BCUT2D eigenvalue weighted by Gasteiger charge is 2.20. The summed E-state index contributed by atoms with van der Waals surface area (Å²) in [6.45, 7) is 1.79. The lowest BCUT2D eigenvalue weighted by molar-refractivity contribution is 0.0690. The molecule has 3 N–H and O–H groups in total. The van der Waals surface area contributed by atoms with Crippen molar-refractivity contribution in [3.63, 3.8) is 0 Å². The lowest BCUT2D eigenvalue weighted by atomic mass is 9.94. The number of rotatable bonds is 2. The van der Waals surface area contributed by atoms with Gasteiger partial charge in [-0.1, -0.05) is 0 Å². The maximum Gasteiger partial charge on any atom is 0.356 e. The Morgan fingerprint density at radius 2 is 2.11 bits per heavy atom. The van der Waals surface area contributed by atoms with Crippen LogP contribution in [0.1, 0.15) is 34.9 Å². The second kappa shape index (κ2) is 4.51. The molecule has 7 heteroatoms. The molecule has 0 saturated carbocycles. The number of hydrogen-bond donors (Lipinski definition) is 3. The Hall–Kier alpha value is -2.15. The predicted octanol–water partition coefficient (Wildman–Crippen LogP) is 0.188. The first-order valence-electron chi connectivity index (χ1n) is 6.22. The first kappa shape index (κ1) is 11.9. The van der Waals surface area contributed by atoms with Crippen LogP contribution in [0.2, 0.25) is 0 Å². The molecule has 100 valence electrons. The standard InChI is InChI=1S/C12H14N4O3/c17-11-6-9(7-1-3-13-4-2-7)16-10(14-11)5-8(15-16)12(18)19/h5-7,13H,1-4H2,(H,14,17)(H,18,19). The van der Waals surface area contributed by atoms with E-state index in [1.807, 2.05) is 0 Å². The van der Waals surface area contributed by atoms with Crippen molar-refractivity contribution in [2.45, 2.75) is 18.8 Å². The summed E-state index contributed by atoms with van der Waals surface area (Å²) in [7, 11) is 0. The van der Waals surface area contributed by atoms with E-state index in [1.54, 1.807) is 4.52 Å². The number of piperidine rings is 1. The summed E-state index contributed by atoms with van der Waals surface area (Å²) in [5.74, 6) is -0.867. The number of carbonyl (C=O) groups is 1. The zero-order chi connectivity index (χ0) is 13.4. The first-order chi connectivity index (χ1) is 9.15. The third-order valence-corrected chi connectivity index (χ3v) is 3.46. The number of nitrogens with zero attached hydrogens (tertiary/aromatic N) is 2. The molecule has 2 aromatic heterocycles. The van der Waals surface area contributed by atoms with Gasteiger partial charge in [-0.3, -0.25) is 4.79 Å². The molecule has 1 fully saturated rings. The molecular weight excluding hydrogens is 248 g/mol. The van der Waals surface area contributed by atoms with Crippen LogP contribution in [0, 0.1) is 0 Å². The predicted molar refractivity (Wildman–Crippen MR) is 67.6 cm³/mol. The van der Waals surface area contributed by atoms with Crippen LogP contribution in [0.15, 0.2) is 16.9 Å². The van der Waals surface area contributed by atoms with Crippen molar-refractivity contribution < 1.29 is 9.90 Å². The minimum absolute atomic E-state index is 0.0583. The third-order valence-electron chi connectivity index (χ3n) is 3.46. The lowest BCUT2D eigenvalue weighted by Crippen LogP contribution is -2.28. The number of carboxylic acid groups (broad SMARTS) is 1. The van der Waals surface area contributed by atoms with Gasteiger partial charge in [-0.05, 0) is 25.9 Å². The molecular formula is C12H14N4O3. The SMILES string of the molecule is O=C(O)c1cc2[nH]c(=O)cc(C3CCNCC3)n2n1. The lowest BCUT2D eigenvalue weighted by Gasteiger charge is -2.22. The van der Waals surface area contributed by atoms with E-state index in [9.17, 15) is 9.59 Å². The van der Waals surface area contributed by atoms with Gasteiger partial charge in [0.2, 0.25) is 0 Å². The van der Waals surface area contributed by atoms with Gasteiger partial charge >= 0.3 is 5.97 Å². The number of fused-ring (bicyclic) bond motifs is 1. The zero-order valence-corrected chi connectivity index (χ0v) is 10.2. The van der Waals surface area contributed by atoms with Gasteiger partial charge in [-0.15, -0.1) is 0 Å². The van der Waals surface area contributed by atoms with Crippen LogP contribution in [-0.4, -0.2) is 38.8 Å². The van der Waals surface area contributed by atoms with Crippen molar-refractivity contribution in [2.75, 3.05) is 13.1 Å². The van der Waals surface area contributed by atoms with E-state index in [0.29, 0.717) is 5.65 Å². The molecule has 3 heterocycles. The van der Waals surface area contributed by atoms with Gasteiger partial charge in [-0.25, -0.2) is 9.31 Å². The van der Waals surface area contributed by atoms with Crippen molar-refractivity contribution >= 4 is 11.6 Å². The van der Waals surface area contributed by atoms with Crippen LogP contribution >= 0.6 is 0 Å². The van der Waals surface area contributed by atoms with E-state index >= 15 is 0 Å². The average Bonchev–Trinajstić information content (AvgIpc) is 2.82.